The predicted molar refractivity (Wildman–Crippen MR) is 98.4 cm³/mol. The van der Waals surface area contributed by atoms with Crippen LogP contribution in [0.5, 0.6) is 0 Å². The monoisotopic (exact) mass is 369 g/mol. The fraction of sp³-hybridized carbons (Fsp3) is 0.556. The Morgan fingerprint density at radius 2 is 2.04 bits per heavy atom. The van der Waals surface area contributed by atoms with Crippen molar-refractivity contribution in [1.29, 1.82) is 0 Å². The van der Waals surface area contributed by atoms with Crippen molar-refractivity contribution in [3.63, 3.8) is 0 Å². The van der Waals surface area contributed by atoms with Gasteiger partial charge in [0.25, 0.3) is 5.91 Å². The average molecular weight is 370 g/mol. The standard InChI is InChI=1S/C18H24ClNO3S/c1-3-5-11-23-18(22)15-12-24-16(8-4-2)20(15)17(21)13-9-6-7-10-14(13)19/h6-7,9-10,15-16H,3-5,8,11-12H2,1-2H3/t15-,16-/m1/s1. The van der Waals surface area contributed by atoms with E-state index in [2.05, 4.69) is 6.92 Å². The van der Waals surface area contributed by atoms with Gasteiger partial charge in [-0.25, -0.2) is 4.79 Å². The second-order valence-electron chi connectivity index (χ2n) is 5.81. The molecule has 1 aliphatic heterocycles. The molecule has 0 N–H and O–H groups in total. The van der Waals surface area contributed by atoms with Gasteiger partial charge < -0.3 is 9.64 Å². The van der Waals surface area contributed by atoms with Crippen LogP contribution < -0.4 is 0 Å². The van der Waals surface area contributed by atoms with E-state index in [1.54, 1.807) is 40.9 Å². The highest BCUT2D eigenvalue weighted by molar-refractivity contribution is 8.00. The van der Waals surface area contributed by atoms with E-state index in [0.29, 0.717) is 22.9 Å². The Kier molecular flexibility index (Phi) is 7.43. The van der Waals surface area contributed by atoms with E-state index in [0.717, 1.165) is 25.7 Å². The van der Waals surface area contributed by atoms with E-state index >= 15 is 0 Å². The number of hydrogen-bond acceptors (Lipinski definition) is 4. The molecule has 6 heteroatoms. The minimum absolute atomic E-state index is 0.0116. The summed E-state index contributed by atoms with van der Waals surface area (Å²) in [7, 11) is 0. The van der Waals surface area contributed by atoms with Gasteiger partial charge in [0.1, 0.15) is 6.04 Å². The van der Waals surface area contributed by atoms with E-state index in [9.17, 15) is 9.59 Å². The molecule has 0 unspecified atom stereocenters. The van der Waals surface area contributed by atoms with Gasteiger partial charge >= 0.3 is 5.97 Å². The highest BCUT2D eigenvalue weighted by atomic mass is 35.5. The first-order valence-corrected chi connectivity index (χ1v) is 9.88. The van der Waals surface area contributed by atoms with Crippen molar-refractivity contribution >= 4 is 35.2 Å². The molecule has 0 aliphatic carbocycles. The smallest absolute Gasteiger partial charge is 0.329 e. The predicted octanol–water partition coefficient (Wildman–Crippen LogP) is 4.37. The minimum atomic E-state index is -0.535. The molecule has 0 spiro atoms. The van der Waals surface area contributed by atoms with Crippen molar-refractivity contribution in [3.8, 4) is 0 Å². The first-order chi connectivity index (χ1) is 11.6. The van der Waals surface area contributed by atoms with Crippen LogP contribution in [-0.2, 0) is 9.53 Å². The average Bonchev–Trinajstić information content (AvgIpc) is 2.99. The molecule has 1 amide bonds. The summed E-state index contributed by atoms with van der Waals surface area (Å²) in [5.41, 5.74) is 0.439. The molecule has 1 aliphatic rings. The third-order valence-corrected chi connectivity index (χ3v) is 5.67. The number of ether oxygens (including phenoxy) is 1. The Bertz CT molecular complexity index is 581. The van der Waals surface area contributed by atoms with Crippen LogP contribution >= 0.6 is 23.4 Å². The molecule has 0 radical (unpaired) electrons. The van der Waals surface area contributed by atoms with Crippen molar-refractivity contribution in [2.24, 2.45) is 0 Å². The molecule has 1 fully saturated rings. The number of nitrogens with zero attached hydrogens (tertiary/aromatic N) is 1. The molecular weight excluding hydrogens is 346 g/mol. The molecule has 1 saturated heterocycles. The first-order valence-electron chi connectivity index (χ1n) is 8.45. The van der Waals surface area contributed by atoms with Crippen LogP contribution in [-0.4, -0.2) is 40.6 Å². The molecule has 24 heavy (non-hydrogen) atoms. The third-order valence-electron chi connectivity index (χ3n) is 3.98. The number of thioether (sulfide) groups is 1. The van der Waals surface area contributed by atoms with Crippen molar-refractivity contribution in [1.82, 2.24) is 4.90 Å². The van der Waals surface area contributed by atoms with Crippen LogP contribution in [0.2, 0.25) is 5.02 Å². The van der Waals surface area contributed by atoms with Crippen LogP contribution in [0.15, 0.2) is 24.3 Å². The summed E-state index contributed by atoms with van der Waals surface area (Å²) in [4.78, 5) is 27.1. The molecule has 2 rings (SSSR count). The first kappa shape index (κ1) is 19.1. The second-order valence-corrected chi connectivity index (χ2v) is 7.42. The van der Waals surface area contributed by atoms with Gasteiger partial charge in [0.15, 0.2) is 0 Å². The lowest BCUT2D eigenvalue weighted by Gasteiger charge is -2.28. The van der Waals surface area contributed by atoms with Crippen molar-refractivity contribution in [2.45, 2.75) is 50.9 Å². The summed E-state index contributed by atoms with van der Waals surface area (Å²) in [6.45, 7) is 4.53. The topological polar surface area (TPSA) is 46.6 Å². The van der Waals surface area contributed by atoms with E-state index in [1.807, 2.05) is 6.92 Å². The summed E-state index contributed by atoms with van der Waals surface area (Å²) in [6.07, 6.45) is 3.59. The summed E-state index contributed by atoms with van der Waals surface area (Å²) in [6, 6.07) is 6.44. The Labute approximate surface area is 152 Å². The van der Waals surface area contributed by atoms with Gasteiger partial charge in [-0.3, -0.25) is 4.79 Å². The van der Waals surface area contributed by atoms with Gasteiger partial charge in [0.05, 0.1) is 22.6 Å². The number of carbonyl (C=O) groups excluding carboxylic acids is 2. The molecule has 0 aromatic heterocycles. The zero-order chi connectivity index (χ0) is 17.5. The van der Waals surface area contributed by atoms with E-state index < -0.39 is 6.04 Å². The number of benzene rings is 1. The lowest BCUT2D eigenvalue weighted by molar-refractivity contribution is -0.148. The number of unbranched alkanes of at least 4 members (excludes halogenated alkanes) is 1. The highest BCUT2D eigenvalue weighted by Crippen LogP contribution is 2.35. The molecule has 1 heterocycles. The molecule has 4 nitrogen and oxygen atoms in total. The van der Waals surface area contributed by atoms with E-state index in [4.69, 9.17) is 16.3 Å². The van der Waals surface area contributed by atoms with Crippen LogP contribution in [0.1, 0.15) is 49.9 Å². The third kappa shape index (κ3) is 4.45. The zero-order valence-corrected chi connectivity index (χ0v) is 15.7. The normalized spacial score (nSPS) is 20.2. The van der Waals surface area contributed by atoms with Crippen LogP contribution in [0.25, 0.3) is 0 Å². The van der Waals surface area contributed by atoms with Gasteiger partial charge in [-0.05, 0) is 25.0 Å². The molecule has 1 aromatic rings. The summed E-state index contributed by atoms with van der Waals surface area (Å²) < 4.78 is 5.36. The molecule has 132 valence electrons. The highest BCUT2D eigenvalue weighted by Gasteiger charge is 2.42. The summed E-state index contributed by atoms with van der Waals surface area (Å²) in [5, 5.41) is 0.398. The van der Waals surface area contributed by atoms with Gasteiger partial charge in [-0.1, -0.05) is 50.4 Å². The number of hydrogen-bond donors (Lipinski definition) is 0. The largest absolute Gasteiger partial charge is 0.464 e. The number of carbonyl (C=O) groups is 2. The lowest BCUT2D eigenvalue weighted by Crippen LogP contribution is -2.46. The molecular formula is C18H24ClNO3S. The fourth-order valence-corrected chi connectivity index (χ4v) is 4.40. The number of esters is 1. The van der Waals surface area contributed by atoms with E-state index in [1.165, 1.54) is 0 Å². The van der Waals surface area contributed by atoms with Gasteiger partial charge in [0.2, 0.25) is 0 Å². The Balaban J connectivity index is 2.20. The van der Waals surface area contributed by atoms with Crippen molar-refractivity contribution in [2.75, 3.05) is 12.4 Å². The van der Waals surface area contributed by atoms with Gasteiger partial charge in [-0.15, -0.1) is 11.8 Å². The molecule has 0 saturated carbocycles. The minimum Gasteiger partial charge on any atom is -0.464 e. The quantitative estimate of drug-likeness (QED) is 0.529. The van der Waals surface area contributed by atoms with Crippen LogP contribution in [0.4, 0.5) is 0 Å². The molecule has 1 aromatic carbocycles. The summed E-state index contributed by atoms with van der Waals surface area (Å²) >= 11 is 7.82. The SMILES string of the molecule is CCCCOC(=O)[C@H]1CS[C@H](CCC)N1C(=O)c1ccccc1Cl. The maximum Gasteiger partial charge on any atom is 0.329 e. The van der Waals surface area contributed by atoms with Crippen molar-refractivity contribution in [3.05, 3.63) is 34.9 Å². The zero-order valence-electron chi connectivity index (χ0n) is 14.2. The van der Waals surface area contributed by atoms with Crippen LogP contribution in [0, 0.1) is 0 Å². The number of amides is 1. The number of rotatable bonds is 7. The lowest BCUT2D eigenvalue weighted by atomic mass is 10.1. The van der Waals surface area contributed by atoms with Gasteiger partial charge in [0, 0.05) is 5.75 Å². The maximum atomic E-state index is 13.0. The second kappa shape index (κ2) is 9.33. The Morgan fingerprint density at radius 3 is 2.71 bits per heavy atom. The molecule has 2 atom stereocenters. The van der Waals surface area contributed by atoms with Crippen molar-refractivity contribution < 1.29 is 14.3 Å². The van der Waals surface area contributed by atoms with Crippen LogP contribution in [0.3, 0.4) is 0 Å². The number of halogens is 1. The maximum absolute atomic E-state index is 13.0. The fourth-order valence-electron chi connectivity index (χ4n) is 2.67. The van der Waals surface area contributed by atoms with E-state index in [-0.39, 0.29) is 17.3 Å². The summed E-state index contributed by atoms with van der Waals surface area (Å²) in [5.74, 6) is 0.0719. The van der Waals surface area contributed by atoms with Gasteiger partial charge in [-0.2, -0.15) is 0 Å². The Hall–Kier alpha value is -1.20. The molecule has 0 bridgehead atoms. The Morgan fingerprint density at radius 1 is 1.29 bits per heavy atom.